The van der Waals surface area contributed by atoms with Gasteiger partial charge in [-0.2, -0.15) is 0 Å². The number of hydrogen-bond acceptors (Lipinski definition) is 2. The van der Waals surface area contributed by atoms with Crippen molar-refractivity contribution in [2.45, 2.75) is 6.92 Å². The highest BCUT2D eigenvalue weighted by molar-refractivity contribution is 7.21. The highest BCUT2D eigenvalue weighted by atomic mass is 35.5. The van der Waals surface area contributed by atoms with E-state index in [4.69, 9.17) is 11.6 Å². The van der Waals surface area contributed by atoms with Crippen LogP contribution in [-0.4, -0.2) is 4.98 Å². The summed E-state index contributed by atoms with van der Waals surface area (Å²) in [6.45, 7) is 2.03. The Morgan fingerprint density at radius 1 is 1.06 bits per heavy atom. The van der Waals surface area contributed by atoms with Crippen LogP contribution in [0, 0.1) is 6.92 Å². The number of halogens is 1. The fourth-order valence-electron chi connectivity index (χ4n) is 1.83. The van der Waals surface area contributed by atoms with E-state index in [1.165, 1.54) is 4.70 Å². The molecule has 3 heteroatoms. The Hall–Kier alpha value is -1.38. The van der Waals surface area contributed by atoms with E-state index in [1.54, 1.807) is 11.3 Å². The molecule has 0 spiro atoms. The van der Waals surface area contributed by atoms with Crippen molar-refractivity contribution < 1.29 is 0 Å². The van der Waals surface area contributed by atoms with Gasteiger partial charge < -0.3 is 0 Å². The van der Waals surface area contributed by atoms with Crippen LogP contribution in [0.4, 0.5) is 0 Å². The summed E-state index contributed by atoms with van der Waals surface area (Å²) in [6.07, 6.45) is 0. The van der Waals surface area contributed by atoms with Gasteiger partial charge in [-0.3, -0.25) is 0 Å². The van der Waals surface area contributed by atoms with Gasteiger partial charge >= 0.3 is 0 Å². The zero-order valence-electron chi connectivity index (χ0n) is 9.27. The van der Waals surface area contributed by atoms with Crippen molar-refractivity contribution in [3.05, 3.63) is 53.1 Å². The molecule has 2 aromatic carbocycles. The summed E-state index contributed by atoms with van der Waals surface area (Å²) in [4.78, 5) is 4.64. The Morgan fingerprint density at radius 3 is 2.71 bits per heavy atom. The maximum absolute atomic E-state index is 6.14. The van der Waals surface area contributed by atoms with Crippen LogP contribution in [0.25, 0.3) is 20.8 Å². The van der Waals surface area contributed by atoms with E-state index in [9.17, 15) is 0 Å². The summed E-state index contributed by atoms with van der Waals surface area (Å²) in [6, 6.07) is 14.1. The van der Waals surface area contributed by atoms with E-state index >= 15 is 0 Å². The second kappa shape index (κ2) is 4.13. The van der Waals surface area contributed by atoms with Crippen LogP contribution in [0.2, 0.25) is 5.02 Å². The number of hydrogen-bond donors (Lipinski definition) is 0. The number of fused-ring (bicyclic) bond motifs is 1. The van der Waals surface area contributed by atoms with Gasteiger partial charge in [-0.15, -0.1) is 11.3 Å². The van der Waals surface area contributed by atoms with Crippen molar-refractivity contribution in [1.82, 2.24) is 4.98 Å². The summed E-state index contributed by atoms with van der Waals surface area (Å²) in [7, 11) is 0. The van der Waals surface area contributed by atoms with E-state index in [-0.39, 0.29) is 0 Å². The number of nitrogens with zero attached hydrogens (tertiary/aromatic N) is 1. The van der Waals surface area contributed by atoms with Crippen molar-refractivity contribution in [2.24, 2.45) is 0 Å². The fraction of sp³-hybridized carbons (Fsp3) is 0.0714. The Morgan fingerprint density at radius 2 is 1.88 bits per heavy atom. The highest BCUT2D eigenvalue weighted by Gasteiger charge is 2.09. The van der Waals surface area contributed by atoms with E-state index < -0.39 is 0 Å². The van der Waals surface area contributed by atoms with Crippen LogP contribution >= 0.6 is 22.9 Å². The molecule has 3 aromatic rings. The SMILES string of the molecule is Cc1c(Cl)cccc1-c1nc2ccccc2s1. The molecule has 0 aliphatic heterocycles. The molecule has 3 rings (SSSR count). The lowest BCUT2D eigenvalue weighted by Gasteiger charge is -2.03. The number of benzene rings is 2. The number of aromatic nitrogens is 1. The molecule has 0 fully saturated rings. The molecule has 0 aliphatic rings. The second-order valence-corrected chi connectivity index (χ2v) is 5.34. The summed E-state index contributed by atoms with van der Waals surface area (Å²) < 4.78 is 1.21. The average molecular weight is 260 g/mol. The van der Waals surface area contributed by atoms with Gasteiger partial charge in [0.15, 0.2) is 0 Å². The first kappa shape index (κ1) is 10.8. The van der Waals surface area contributed by atoms with Crippen molar-refractivity contribution in [3.8, 4) is 10.6 Å². The van der Waals surface area contributed by atoms with Crippen molar-refractivity contribution in [2.75, 3.05) is 0 Å². The molecule has 17 heavy (non-hydrogen) atoms. The summed E-state index contributed by atoms with van der Waals surface area (Å²) in [5.41, 5.74) is 3.26. The monoisotopic (exact) mass is 259 g/mol. The minimum Gasteiger partial charge on any atom is -0.236 e. The predicted molar refractivity (Wildman–Crippen MR) is 74.8 cm³/mol. The number of para-hydroxylation sites is 1. The summed E-state index contributed by atoms with van der Waals surface area (Å²) in [5.74, 6) is 0. The molecular weight excluding hydrogens is 250 g/mol. The third kappa shape index (κ3) is 1.84. The molecule has 0 amide bonds. The molecule has 1 nitrogen and oxygen atoms in total. The van der Waals surface area contributed by atoms with Crippen molar-refractivity contribution in [1.29, 1.82) is 0 Å². The normalized spacial score (nSPS) is 10.9. The first-order valence-corrected chi connectivity index (χ1v) is 6.56. The van der Waals surface area contributed by atoms with Crippen molar-refractivity contribution in [3.63, 3.8) is 0 Å². The maximum Gasteiger partial charge on any atom is 0.124 e. The molecule has 0 N–H and O–H groups in total. The number of rotatable bonds is 1. The van der Waals surface area contributed by atoms with Crippen molar-refractivity contribution >= 4 is 33.2 Å². The van der Waals surface area contributed by atoms with Gasteiger partial charge in [0.25, 0.3) is 0 Å². The van der Waals surface area contributed by atoms with Gasteiger partial charge in [-0.05, 0) is 30.7 Å². The lowest BCUT2D eigenvalue weighted by Crippen LogP contribution is -1.82. The van der Waals surface area contributed by atoms with Crippen LogP contribution in [0.1, 0.15) is 5.56 Å². The standard InChI is InChI=1S/C14H10ClNS/c1-9-10(5-4-6-11(9)15)14-16-12-7-2-3-8-13(12)17-14/h2-8H,1H3. The third-order valence-electron chi connectivity index (χ3n) is 2.79. The minimum absolute atomic E-state index is 0.793. The second-order valence-electron chi connectivity index (χ2n) is 3.90. The Kier molecular flexibility index (Phi) is 2.61. The zero-order valence-corrected chi connectivity index (χ0v) is 10.8. The molecule has 0 saturated heterocycles. The van der Waals surface area contributed by atoms with Crippen LogP contribution < -0.4 is 0 Å². The van der Waals surface area contributed by atoms with Gasteiger partial charge in [-0.1, -0.05) is 35.9 Å². The first-order valence-electron chi connectivity index (χ1n) is 5.37. The van der Waals surface area contributed by atoms with Gasteiger partial charge in [0.1, 0.15) is 5.01 Å². The molecule has 1 heterocycles. The lowest BCUT2D eigenvalue weighted by molar-refractivity contribution is 1.41. The van der Waals surface area contributed by atoms with Gasteiger partial charge in [0.2, 0.25) is 0 Å². The Bertz CT molecular complexity index is 655. The molecular formula is C14H10ClNS. The van der Waals surface area contributed by atoms with Crippen LogP contribution in [0.15, 0.2) is 42.5 Å². The van der Waals surface area contributed by atoms with Crippen LogP contribution in [0.3, 0.4) is 0 Å². The van der Waals surface area contributed by atoms with Crippen LogP contribution in [0.5, 0.6) is 0 Å². The van der Waals surface area contributed by atoms with E-state index in [0.717, 1.165) is 26.7 Å². The predicted octanol–water partition coefficient (Wildman–Crippen LogP) is 4.93. The van der Waals surface area contributed by atoms with Crippen LogP contribution in [-0.2, 0) is 0 Å². The molecule has 0 saturated carbocycles. The largest absolute Gasteiger partial charge is 0.236 e. The quantitative estimate of drug-likeness (QED) is 0.604. The Labute approximate surface area is 109 Å². The highest BCUT2D eigenvalue weighted by Crippen LogP contribution is 2.33. The fourth-order valence-corrected chi connectivity index (χ4v) is 3.05. The van der Waals surface area contributed by atoms with Gasteiger partial charge in [0, 0.05) is 10.6 Å². The molecule has 0 radical (unpaired) electrons. The third-order valence-corrected chi connectivity index (χ3v) is 4.27. The smallest absolute Gasteiger partial charge is 0.124 e. The average Bonchev–Trinajstić information content (AvgIpc) is 2.76. The molecule has 0 bridgehead atoms. The molecule has 0 unspecified atom stereocenters. The van der Waals surface area contributed by atoms with E-state index in [2.05, 4.69) is 17.1 Å². The van der Waals surface area contributed by atoms with E-state index in [0.29, 0.717) is 0 Å². The zero-order chi connectivity index (χ0) is 11.8. The first-order chi connectivity index (χ1) is 8.25. The number of thiazole rings is 1. The molecule has 0 aliphatic carbocycles. The maximum atomic E-state index is 6.14. The summed E-state index contributed by atoms with van der Waals surface area (Å²) in [5, 5.41) is 1.83. The molecule has 84 valence electrons. The van der Waals surface area contributed by atoms with Gasteiger partial charge in [-0.25, -0.2) is 4.98 Å². The minimum atomic E-state index is 0.793. The molecule has 1 aromatic heterocycles. The lowest BCUT2D eigenvalue weighted by atomic mass is 10.1. The van der Waals surface area contributed by atoms with Gasteiger partial charge in [0.05, 0.1) is 10.2 Å². The van der Waals surface area contributed by atoms with E-state index in [1.807, 2.05) is 37.3 Å². The topological polar surface area (TPSA) is 12.9 Å². The molecule has 0 atom stereocenters. The Balaban J connectivity index is 2.24. The summed E-state index contributed by atoms with van der Waals surface area (Å²) >= 11 is 7.84.